The molecule has 2 N–H and O–H groups in total. The summed E-state index contributed by atoms with van der Waals surface area (Å²) < 4.78 is 10.6. The summed E-state index contributed by atoms with van der Waals surface area (Å²) in [6, 6.07) is 0. The smallest absolute Gasteiger partial charge is 0.155 e. The Morgan fingerprint density at radius 2 is 1.39 bits per heavy atom. The average Bonchev–Trinajstić information content (AvgIpc) is 2.40. The minimum absolute atomic E-state index is 0.0149. The largest absolute Gasteiger partial charge is 0.396 e. The molecule has 0 aliphatic rings. The zero-order chi connectivity index (χ0) is 13.7. The van der Waals surface area contributed by atoms with Gasteiger partial charge in [-0.05, 0) is 6.42 Å². The van der Waals surface area contributed by atoms with E-state index in [0.29, 0.717) is 6.16 Å². The molecule has 3 nitrogen and oxygen atoms in total. The van der Waals surface area contributed by atoms with E-state index in [-0.39, 0.29) is 21.7 Å². The highest BCUT2D eigenvalue weighted by atomic mass is 31.1. The van der Waals surface area contributed by atoms with Gasteiger partial charge < -0.3 is 10.2 Å². The van der Waals surface area contributed by atoms with Crippen molar-refractivity contribution in [3.05, 3.63) is 0 Å². The fourth-order valence-electron chi connectivity index (χ4n) is 2.16. The van der Waals surface area contributed by atoms with Gasteiger partial charge >= 0.3 is 0 Å². The van der Waals surface area contributed by atoms with E-state index in [9.17, 15) is 14.8 Å². The molecule has 108 valence electrons. The SMILES string of the molecule is CCCCCCCCCCC(CO)(CO)CP=O. The molecule has 0 aliphatic carbocycles. The van der Waals surface area contributed by atoms with E-state index in [1.807, 2.05) is 0 Å². The van der Waals surface area contributed by atoms with E-state index in [4.69, 9.17) is 0 Å². The molecule has 0 aliphatic heterocycles. The summed E-state index contributed by atoms with van der Waals surface area (Å²) in [5.74, 6) is 0. The van der Waals surface area contributed by atoms with Gasteiger partial charge in [0, 0.05) is 11.6 Å². The third kappa shape index (κ3) is 8.18. The molecule has 0 saturated carbocycles. The molecule has 0 rings (SSSR count). The van der Waals surface area contributed by atoms with Gasteiger partial charge in [-0.2, -0.15) is 0 Å². The van der Waals surface area contributed by atoms with Crippen LogP contribution in [0.1, 0.15) is 64.7 Å². The normalized spacial score (nSPS) is 12.2. The molecule has 0 bridgehead atoms. The van der Waals surface area contributed by atoms with Crippen LogP contribution >= 0.6 is 8.46 Å². The molecular weight excluding hydrogens is 247 g/mol. The molecule has 0 aromatic carbocycles. The predicted molar refractivity (Wildman–Crippen MR) is 76.3 cm³/mol. The van der Waals surface area contributed by atoms with Crippen LogP contribution in [0.25, 0.3) is 0 Å². The first kappa shape index (κ1) is 18.0. The Hall–Kier alpha value is 0.0200. The van der Waals surface area contributed by atoms with E-state index in [1.54, 1.807) is 0 Å². The summed E-state index contributed by atoms with van der Waals surface area (Å²) in [5, 5.41) is 18.6. The number of unbranched alkanes of at least 4 members (excludes halogenated alkanes) is 7. The predicted octanol–water partition coefficient (Wildman–Crippen LogP) is 3.78. The summed E-state index contributed by atoms with van der Waals surface area (Å²) in [4.78, 5) is 0. The summed E-state index contributed by atoms with van der Waals surface area (Å²) in [7, 11) is 0.0149. The molecule has 0 atom stereocenters. The summed E-state index contributed by atoms with van der Waals surface area (Å²) >= 11 is 0. The van der Waals surface area contributed by atoms with E-state index in [1.165, 1.54) is 38.5 Å². The Labute approximate surface area is 113 Å². The maximum Gasteiger partial charge on any atom is 0.155 e. The lowest BCUT2D eigenvalue weighted by molar-refractivity contribution is 0.0637. The number of hydrogen-bond donors (Lipinski definition) is 2. The number of rotatable bonds is 13. The number of aliphatic hydroxyl groups excluding tert-OH is 2. The van der Waals surface area contributed by atoms with Gasteiger partial charge in [0.2, 0.25) is 0 Å². The quantitative estimate of drug-likeness (QED) is 0.397. The Balaban J connectivity index is 3.58. The first-order valence-corrected chi connectivity index (χ1v) is 8.25. The van der Waals surface area contributed by atoms with E-state index in [2.05, 4.69) is 6.92 Å². The molecule has 0 saturated heterocycles. The monoisotopic (exact) mass is 276 g/mol. The second kappa shape index (κ2) is 12.1. The fourth-order valence-corrected chi connectivity index (χ4v) is 2.79. The lowest BCUT2D eigenvalue weighted by atomic mass is 9.86. The molecule has 18 heavy (non-hydrogen) atoms. The van der Waals surface area contributed by atoms with Gasteiger partial charge in [0.1, 0.15) is 0 Å². The molecule has 0 amide bonds. The standard InChI is InChI=1S/C14H29O3P/c1-2-3-4-5-6-7-8-9-10-14(11-15,12-16)13-18-17/h15-16H,2-13H2,1H3. The van der Waals surface area contributed by atoms with Crippen molar-refractivity contribution < 1.29 is 14.8 Å². The van der Waals surface area contributed by atoms with Crippen LogP contribution in [0.5, 0.6) is 0 Å². The molecule has 0 unspecified atom stereocenters. The number of aliphatic hydroxyl groups is 2. The van der Waals surface area contributed by atoms with Crippen LogP contribution in [-0.2, 0) is 4.57 Å². The van der Waals surface area contributed by atoms with Gasteiger partial charge in [0.15, 0.2) is 8.46 Å². The van der Waals surface area contributed by atoms with Crippen LogP contribution in [0.3, 0.4) is 0 Å². The molecule has 4 heteroatoms. The molecule has 0 fully saturated rings. The highest BCUT2D eigenvalue weighted by Gasteiger charge is 2.28. The van der Waals surface area contributed by atoms with Gasteiger partial charge in [0.05, 0.1) is 13.2 Å². The van der Waals surface area contributed by atoms with Crippen LogP contribution in [0.15, 0.2) is 0 Å². The highest BCUT2D eigenvalue weighted by Crippen LogP contribution is 2.28. The van der Waals surface area contributed by atoms with Gasteiger partial charge in [-0.25, -0.2) is 0 Å². The molecule has 0 aromatic rings. The molecular formula is C14H29O3P. The van der Waals surface area contributed by atoms with Crippen molar-refractivity contribution in [1.82, 2.24) is 0 Å². The van der Waals surface area contributed by atoms with Crippen molar-refractivity contribution in [3.8, 4) is 0 Å². The highest BCUT2D eigenvalue weighted by molar-refractivity contribution is 7.23. The second-order valence-electron chi connectivity index (χ2n) is 5.33. The molecule has 0 aromatic heterocycles. The van der Waals surface area contributed by atoms with E-state index in [0.717, 1.165) is 19.3 Å². The van der Waals surface area contributed by atoms with Crippen LogP contribution in [0.2, 0.25) is 0 Å². The van der Waals surface area contributed by atoms with Gasteiger partial charge in [-0.15, -0.1) is 0 Å². The maximum atomic E-state index is 10.6. The Kier molecular flexibility index (Phi) is 12.1. The first-order valence-electron chi connectivity index (χ1n) is 7.25. The summed E-state index contributed by atoms with van der Waals surface area (Å²) in [6.07, 6.45) is 11.1. The third-order valence-electron chi connectivity index (χ3n) is 3.63. The minimum atomic E-state index is -0.536. The van der Waals surface area contributed by atoms with Crippen molar-refractivity contribution in [1.29, 1.82) is 0 Å². The number of hydrogen-bond acceptors (Lipinski definition) is 3. The van der Waals surface area contributed by atoms with Crippen molar-refractivity contribution in [2.45, 2.75) is 64.7 Å². The van der Waals surface area contributed by atoms with Crippen molar-refractivity contribution in [2.24, 2.45) is 5.41 Å². The maximum absolute atomic E-state index is 10.6. The van der Waals surface area contributed by atoms with Gasteiger partial charge in [-0.3, -0.25) is 4.57 Å². The van der Waals surface area contributed by atoms with E-state index >= 15 is 0 Å². The Bertz CT molecular complexity index is 193. The lowest BCUT2D eigenvalue weighted by Gasteiger charge is -2.26. The fraction of sp³-hybridized carbons (Fsp3) is 1.00. The van der Waals surface area contributed by atoms with Gasteiger partial charge in [-0.1, -0.05) is 58.3 Å². The average molecular weight is 276 g/mol. The van der Waals surface area contributed by atoms with Crippen molar-refractivity contribution >= 4 is 8.46 Å². The topological polar surface area (TPSA) is 57.5 Å². The van der Waals surface area contributed by atoms with Crippen LogP contribution in [-0.4, -0.2) is 29.6 Å². The van der Waals surface area contributed by atoms with Crippen molar-refractivity contribution in [3.63, 3.8) is 0 Å². The second-order valence-corrected chi connectivity index (χ2v) is 5.90. The zero-order valence-electron chi connectivity index (χ0n) is 11.7. The summed E-state index contributed by atoms with van der Waals surface area (Å²) in [5.41, 5.74) is -0.536. The molecule has 0 spiro atoms. The van der Waals surface area contributed by atoms with Gasteiger partial charge in [0.25, 0.3) is 0 Å². The first-order chi connectivity index (χ1) is 8.74. The van der Waals surface area contributed by atoms with Crippen LogP contribution < -0.4 is 0 Å². The summed E-state index contributed by atoms with van der Waals surface area (Å²) in [6.45, 7) is 2.07. The minimum Gasteiger partial charge on any atom is -0.396 e. The molecule has 0 heterocycles. The van der Waals surface area contributed by atoms with Crippen LogP contribution in [0, 0.1) is 5.41 Å². The Morgan fingerprint density at radius 3 is 1.83 bits per heavy atom. The van der Waals surface area contributed by atoms with Crippen LogP contribution in [0.4, 0.5) is 0 Å². The third-order valence-corrected chi connectivity index (χ3v) is 4.43. The Morgan fingerprint density at radius 1 is 0.889 bits per heavy atom. The zero-order valence-corrected chi connectivity index (χ0v) is 12.6. The molecule has 0 radical (unpaired) electrons. The van der Waals surface area contributed by atoms with Crippen molar-refractivity contribution in [2.75, 3.05) is 19.4 Å². The van der Waals surface area contributed by atoms with E-state index < -0.39 is 5.41 Å². The lowest BCUT2D eigenvalue weighted by Crippen LogP contribution is -2.31.